The van der Waals surface area contributed by atoms with Gasteiger partial charge in [0.2, 0.25) is 5.91 Å². The normalized spacial score (nSPS) is 36.0. The number of methoxy groups -OCH3 is 3. The molecule has 1 aliphatic heterocycles. The number of likely N-dealkylation sites (tertiary alicyclic amines) is 1. The van der Waals surface area contributed by atoms with Crippen molar-refractivity contribution in [3.05, 3.63) is 35.4 Å². The summed E-state index contributed by atoms with van der Waals surface area (Å²) in [6.07, 6.45) is 8.93. The Morgan fingerprint density at radius 1 is 1.03 bits per heavy atom. The molecule has 0 unspecified atom stereocenters. The number of hydrogen-bond donors (Lipinski definition) is 0. The maximum Gasteiger partial charge on any atom is 0.309 e. The van der Waals surface area contributed by atoms with E-state index in [9.17, 15) is 9.59 Å². The largest absolute Gasteiger partial charge is 0.497 e. The van der Waals surface area contributed by atoms with Crippen LogP contribution in [0.5, 0.6) is 11.5 Å². The second kappa shape index (κ2) is 8.86. The zero-order chi connectivity index (χ0) is 25.0. The highest BCUT2D eigenvalue weighted by Gasteiger charge is 2.60. The Morgan fingerprint density at radius 3 is 2.51 bits per heavy atom. The highest BCUT2D eigenvalue weighted by Crippen LogP contribution is 2.64. The molecule has 35 heavy (non-hydrogen) atoms. The molecule has 1 saturated heterocycles. The minimum absolute atomic E-state index is 0.00292. The van der Waals surface area contributed by atoms with Gasteiger partial charge in [-0.05, 0) is 73.3 Å². The van der Waals surface area contributed by atoms with Crippen LogP contribution in [-0.4, -0.2) is 44.1 Å². The SMILES string of the molecule is COC(=O)[C@H]1CC[C@H]2C3=CC[C@H]4N(Cc5ccc(OC)cc5OC)C(=O)CC[C@]4(C)[C@H]3CC[C@]12C. The predicted molar refractivity (Wildman–Crippen MR) is 133 cm³/mol. The molecule has 0 spiro atoms. The fourth-order valence-corrected chi connectivity index (χ4v) is 8.15. The third-order valence-corrected chi connectivity index (χ3v) is 10.1. The number of nitrogens with zero attached hydrogens (tertiary/aromatic N) is 1. The molecule has 0 N–H and O–H groups in total. The van der Waals surface area contributed by atoms with E-state index >= 15 is 0 Å². The molecule has 0 bridgehead atoms. The Labute approximate surface area is 209 Å². The smallest absolute Gasteiger partial charge is 0.309 e. The van der Waals surface area contributed by atoms with Gasteiger partial charge in [0, 0.05) is 30.6 Å². The molecule has 1 aromatic rings. The topological polar surface area (TPSA) is 65.1 Å². The molecule has 1 amide bonds. The summed E-state index contributed by atoms with van der Waals surface area (Å²) in [4.78, 5) is 27.9. The Bertz CT molecular complexity index is 1050. The lowest BCUT2D eigenvalue weighted by atomic mass is 9.50. The zero-order valence-corrected chi connectivity index (χ0v) is 21.8. The number of hydrogen-bond acceptors (Lipinski definition) is 5. The minimum Gasteiger partial charge on any atom is -0.497 e. The van der Waals surface area contributed by atoms with Crippen LogP contribution < -0.4 is 9.47 Å². The van der Waals surface area contributed by atoms with Crippen molar-refractivity contribution in [3.8, 4) is 11.5 Å². The standard InChI is InChI=1S/C29H39NO5/c1-28-14-12-22-20(21(28)9-10-23(28)27(32)35-5)8-11-25-29(22,2)15-13-26(31)30(25)17-18-6-7-19(33-3)16-24(18)34-4/h6-8,16,21-23,25H,9-15,17H2,1-5H3/t21-,22-,23+,25+,28-,29+/m0/s1. The predicted octanol–water partition coefficient (Wildman–Crippen LogP) is 5.15. The van der Waals surface area contributed by atoms with Crippen molar-refractivity contribution in [3.63, 3.8) is 0 Å². The summed E-state index contributed by atoms with van der Waals surface area (Å²) in [5.74, 6) is 2.59. The summed E-state index contributed by atoms with van der Waals surface area (Å²) >= 11 is 0. The van der Waals surface area contributed by atoms with Crippen LogP contribution in [0, 0.1) is 28.6 Å². The van der Waals surface area contributed by atoms with Crippen molar-refractivity contribution in [2.75, 3.05) is 21.3 Å². The van der Waals surface area contributed by atoms with Gasteiger partial charge in [0.05, 0.1) is 27.2 Å². The summed E-state index contributed by atoms with van der Waals surface area (Å²) < 4.78 is 16.2. The van der Waals surface area contributed by atoms with Crippen molar-refractivity contribution in [1.82, 2.24) is 4.90 Å². The number of ether oxygens (including phenoxy) is 3. The van der Waals surface area contributed by atoms with Crippen molar-refractivity contribution in [1.29, 1.82) is 0 Å². The lowest BCUT2D eigenvalue weighted by molar-refractivity contribution is -0.152. The number of carbonyl (C=O) groups is 2. The molecule has 5 rings (SSSR count). The van der Waals surface area contributed by atoms with Gasteiger partial charge >= 0.3 is 5.97 Å². The van der Waals surface area contributed by atoms with Gasteiger partial charge in [0.1, 0.15) is 11.5 Å². The van der Waals surface area contributed by atoms with Gasteiger partial charge in [-0.15, -0.1) is 0 Å². The number of esters is 1. The van der Waals surface area contributed by atoms with E-state index in [0.717, 1.165) is 55.6 Å². The number of allylic oxidation sites excluding steroid dienone is 1. The molecule has 2 saturated carbocycles. The number of fused-ring (bicyclic) bond motifs is 5. The van der Waals surface area contributed by atoms with Gasteiger partial charge in [0.15, 0.2) is 0 Å². The fourth-order valence-electron chi connectivity index (χ4n) is 8.15. The van der Waals surface area contributed by atoms with Crippen molar-refractivity contribution >= 4 is 11.9 Å². The lowest BCUT2D eigenvalue weighted by Crippen LogP contribution is -2.59. The summed E-state index contributed by atoms with van der Waals surface area (Å²) in [5, 5.41) is 0. The van der Waals surface area contributed by atoms with Gasteiger partial charge in [-0.25, -0.2) is 0 Å². The van der Waals surface area contributed by atoms with Gasteiger partial charge < -0.3 is 19.1 Å². The van der Waals surface area contributed by atoms with Crippen LogP contribution in [0.2, 0.25) is 0 Å². The van der Waals surface area contributed by atoms with Crippen molar-refractivity contribution < 1.29 is 23.8 Å². The van der Waals surface area contributed by atoms with E-state index in [0.29, 0.717) is 24.8 Å². The summed E-state index contributed by atoms with van der Waals surface area (Å²) in [5.41, 5.74) is 2.59. The highest BCUT2D eigenvalue weighted by molar-refractivity contribution is 5.78. The first-order valence-electron chi connectivity index (χ1n) is 13.0. The first-order chi connectivity index (χ1) is 16.8. The fraction of sp³-hybridized carbons (Fsp3) is 0.655. The van der Waals surface area contributed by atoms with E-state index < -0.39 is 0 Å². The Morgan fingerprint density at radius 2 is 1.80 bits per heavy atom. The lowest BCUT2D eigenvalue weighted by Gasteiger charge is -2.59. The molecule has 3 fully saturated rings. The van der Waals surface area contributed by atoms with E-state index in [1.165, 1.54) is 7.11 Å². The van der Waals surface area contributed by atoms with Gasteiger partial charge in [-0.2, -0.15) is 0 Å². The highest BCUT2D eigenvalue weighted by atomic mass is 16.5. The van der Waals surface area contributed by atoms with Crippen LogP contribution in [0.1, 0.15) is 64.4 Å². The monoisotopic (exact) mass is 481 g/mol. The molecule has 1 aromatic carbocycles. The van der Waals surface area contributed by atoms with Crippen LogP contribution in [0.15, 0.2) is 29.8 Å². The first-order valence-corrected chi connectivity index (χ1v) is 13.0. The number of rotatable bonds is 5. The zero-order valence-electron chi connectivity index (χ0n) is 21.8. The van der Waals surface area contributed by atoms with E-state index in [2.05, 4.69) is 24.8 Å². The third-order valence-electron chi connectivity index (χ3n) is 10.1. The molecule has 190 valence electrons. The maximum absolute atomic E-state index is 13.3. The molecular weight excluding hydrogens is 442 g/mol. The van der Waals surface area contributed by atoms with Crippen LogP contribution in [0.25, 0.3) is 0 Å². The number of piperidine rings is 1. The van der Waals surface area contributed by atoms with Gasteiger partial charge in [-0.1, -0.05) is 25.5 Å². The molecule has 4 aliphatic rings. The summed E-state index contributed by atoms with van der Waals surface area (Å²) in [7, 11) is 4.83. The van der Waals surface area contributed by atoms with Crippen molar-refractivity contribution in [2.45, 2.75) is 71.4 Å². The average molecular weight is 482 g/mol. The Hall–Kier alpha value is -2.50. The molecule has 6 heteroatoms. The van der Waals surface area contributed by atoms with Gasteiger partial charge in [0.25, 0.3) is 0 Å². The molecule has 1 heterocycles. The van der Waals surface area contributed by atoms with Crippen LogP contribution >= 0.6 is 0 Å². The number of carbonyl (C=O) groups excluding carboxylic acids is 2. The van der Waals surface area contributed by atoms with E-state index in [4.69, 9.17) is 14.2 Å². The van der Waals surface area contributed by atoms with E-state index in [1.807, 2.05) is 18.2 Å². The van der Waals surface area contributed by atoms with Crippen molar-refractivity contribution in [2.24, 2.45) is 28.6 Å². The molecule has 6 nitrogen and oxygen atoms in total. The molecule has 0 radical (unpaired) electrons. The average Bonchev–Trinajstić information content (AvgIpc) is 3.22. The second-order valence-corrected chi connectivity index (χ2v) is 11.5. The van der Waals surface area contributed by atoms with Gasteiger partial charge in [-0.3, -0.25) is 9.59 Å². The summed E-state index contributed by atoms with van der Waals surface area (Å²) in [6, 6.07) is 6.01. The number of benzene rings is 1. The molecule has 0 aromatic heterocycles. The second-order valence-electron chi connectivity index (χ2n) is 11.5. The van der Waals surface area contributed by atoms with Crippen LogP contribution in [0.4, 0.5) is 0 Å². The van der Waals surface area contributed by atoms with Crippen LogP contribution in [0.3, 0.4) is 0 Å². The Kier molecular flexibility index (Phi) is 6.13. The molecule has 6 atom stereocenters. The minimum atomic E-state index is -0.0446. The maximum atomic E-state index is 13.3. The van der Waals surface area contributed by atoms with Crippen LogP contribution in [-0.2, 0) is 20.9 Å². The number of amides is 1. The molecule has 3 aliphatic carbocycles. The summed E-state index contributed by atoms with van der Waals surface area (Å²) in [6.45, 7) is 5.27. The Balaban J connectivity index is 1.45. The quantitative estimate of drug-likeness (QED) is 0.430. The first kappa shape index (κ1) is 24.2. The molecular formula is C29H39NO5. The third kappa shape index (κ3) is 3.66. The van der Waals surface area contributed by atoms with E-state index in [-0.39, 0.29) is 34.7 Å². The van der Waals surface area contributed by atoms with E-state index in [1.54, 1.807) is 19.8 Å².